The predicted octanol–water partition coefficient (Wildman–Crippen LogP) is 3.67. The van der Waals surface area contributed by atoms with Crippen LogP contribution in [-0.4, -0.2) is 37.1 Å². The molecule has 4 aromatic rings. The number of nitrogens with zero attached hydrogens (tertiary/aromatic N) is 5. The van der Waals surface area contributed by atoms with Gasteiger partial charge in [0, 0.05) is 5.56 Å². The maximum absolute atomic E-state index is 13.1. The maximum Gasteiger partial charge on any atom is 0.261 e. The molecule has 1 aliphatic heterocycles. The van der Waals surface area contributed by atoms with Crippen LogP contribution in [0.1, 0.15) is 25.7 Å². The minimum absolute atomic E-state index is 0.0425. The molecule has 5 rings (SSSR count). The van der Waals surface area contributed by atoms with Gasteiger partial charge in [-0.1, -0.05) is 23.5 Å². The summed E-state index contributed by atoms with van der Waals surface area (Å²) in [6.45, 7) is 0.0425. The molecule has 0 spiro atoms. The fourth-order valence-corrected chi connectivity index (χ4v) is 3.90. The van der Waals surface area contributed by atoms with Crippen LogP contribution in [0.2, 0.25) is 0 Å². The Bertz CT molecular complexity index is 1250. The molecule has 1 N–H and O–H groups in total. The Morgan fingerprint density at radius 2 is 1.55 bits per heavy atom. The summed E-state index contributed by atoms with van der Waals surface area (Å²) >= 11 is 1.21. The highest BCUT2D eigenvalue weighted by molar-refractivity contribution is 7.15. The number of anilines is 2. The number of carbonyl (C=O) groups is 2. The van der Waals surface area contributed by atoms with Gasteiger partial charge in [0.1, 0.15) is 10.8 Å². The SMILES string of the molecule is O=C1c2ccccc2C(=O)N1Cc1nnc(Nc2ccc(-c3ccc(F)cc3)nn2)s1. The summed E-state index contributed by atoms with van der Waals surface area (Å²) in [5.74, 6) is -0.544. The lowest BCUT2D eigenvalue weighted by Gasteiger charge is -2.10. The van der Waals surface area contributed by atoms with Crippen molar-refractivity contribution in [2.24, 2.45) is 0 Å². The Balaban J connectivity index is 1.27. The normalized spacial score (nSPS) is 12.9. The van der Waals surface area contributed by atoms with E-state index in [0.717, 1.165) is 10.5 Å². The van der Waals surface area contributed by atoms with Crippen molar-refractivity contribution < 1.29 is 14.0 Å². The quantitative estimate of drug-likeness (QED) is 0.480. The van der Waals surface area contributed by atoms with Gasteiger partial charge >= 0.3 is 0 Å². The van der Waals surface area contributed by atoms with Crippen molar-refractivity contribution in [2.45, 2.75) is 6.54 Å². The van der Waals surface area contributed by atoms with Crippen LogP contribution in [0.15, 0.2) is 60.7 Å². The fraction of sp³-hybridized carbons (Fsp3) is 0.0476. The largest absolute Gasteiger partial charge is 0.313 e. The van der Waals surface area contributed by atoms with E-state index in [0.29, 0.717) is 32.8 Å². The van der Waals surface area contributed by atoms with Crippen molar-refractivity contribution in [2.75, 3.05) is 5.32 Å². The standard InChI is InChI=1S/C21H13FN6O2S/c22-13-7-5-12(6-8-13)16-9-10-17(25-24-16)23-21-27-26-18(31-21)11-28-19(29)14-3-1-2-4-15(14)20(28)30/h1-10H,11H2,(H,23,25,27). The van der Waals surface area contributed by atoms with Gasteiger partial charge in [-0.15, -0.1) is 20.4 Å². The Morgan fingerprint density at radius 3 is 2.19 bits per heavy atom. The molecule has 0 radical (unpaired) electrons. The van der Waals surface area contributed by atoms with Crippen LogP contribution in [0, 0.1) is 5.82 Å². The molecule has 8 nitrogen and oxygen atoms in total. The third-order valence-electron chi connectivity index (χ3n) is 4.68. The topological polar surface area (TPSA) is 101 Å². The third-order valence-corrected chi connectivity index (χ3v) is 5.50. The number of aromatic nitrogens is 4. The summed E-state index contributed by atoms with van der Waals surface area (Å²) in [6, 6.07) is 16.2. The van der Waals surface area contributed by atoms with Crippen LogP contribution in [0.3, 0.4) is 0 Å². The van der Waals surface area contributed by atoms with Crippen molar-refractivity contribution >= 4 is 34.1 Å². The number of fused-ring (bicyclic) bond motifs is 1. The van der Waals surface area contributed by atoms with Crippen LogP contribution in [-0.2, 0) is 6.54 Å². The van der Waals surface area contributed by atoms with Crippen molar-refractivity contribution in [1.29, 1.82) is 0 Å². The molecule has 2 aromatic heterocycles. The maximum atomic E-state index is 13.1. The first-order valence-electron chi connectivity index (χ1n) is 9.23. The second-order valence-corrected chi connectivity index (χ2v) is 7.74. The molecule has 10 heteroatoms. The average Bonchev–Trinajstić information content (AvgIpc) is 3.33. The molecule has 0 saturated carbocycles. The lowest BCUT2D eigenvalue weighted by Crippen LogP contribution is -2.29. The van der Waals surface area contributed by atoms with Crippen LogP contribution >= 0.6 is 11.3 Å². The van der Waals surface area contributed by atoms with Gasteiger partial charge in [0.15, 0.2) is 5.82 Å². The van der Waals surface area contributed by atoms with Crippen molar-refractivity contribution in [1.82, 2.24) is 25.3 Å². The fourth-order valence-electron chi connectivity index (χ4n) is 3.17. The molecule has 0 atom stereocenters. The number of imide groups is 1. The molecule has 0 bridgehead atoms. The summed E-state index contributed by atoms with van der Waals surface area (Å²) in [5.41, 5.74) is 2.15. The lowest BCUT2D eigenvalue weighted by atomic mass is 10.1. The van der Waals surface area contributed by atoms with E-state index in [9.17, 15) is 14.0 Å². The van der Waals surface area contributed by atoms with Gasteiger partial charge in [-0.3, -0.25) is 14.5 Å². The van der Waals surface area contributed by atoms with Crippen LogP contribution in [0.4, 0.5) is 15.3 Å². The van der Waals surface area contributed by atoms with Crippen LogP contribution in [0.25, 0.3) is 11.3 Å². The molecule has 0 aliphatic carbocycles. The molecule has 152 valence electrons. The van der Waals surface area contributed by atoms with Crippen molar-refractivity contribution in [3.8, 4) is 11.3 Å². The summed E-state index contributed by atoms with van der Waals surface area (Å²) in [6.07, 6.45) is 0. The highest BCUT2D eigenvalue weighted by Crippen LogP contribution is 2.27. The first-order chi connectivity index (χ1) is 15.1. The zero-order valence-corrected chi connectivity index (χ0v) is 16.6. The van der Waals surface area contributed by atoms with Gasteiger partial charge in [0.25, 0.3) is 11.8 Å². The molecule has 3 heterocycles. The molecule has 1 aliphatic rings. The van der Waals surface area contributed by atoms with Gasteiger partial charge in [0.2, 0.25) is 5.13 Å². The van der Waals surface area contributed by atoms with E-state index in [1.54, 1.807) is 48.5 Å². The van der Waals surface area contributed by atoms with Crippen molar-refractivity contribution in [3.63, 3.8) is 0 Å². The summed E-state index contributed by atoms with van der Waals surface area (Å²) in [7, 11) is 0. The number of amides is 2. The highest BCUT2D eigenvalue weighted by atomic mass is 32.1. The number of rotatable bonds is 5. The Morgan fingerprint density at radius 1 is 0.839 bits per heavy atom. The van der Waals surface area contributed by atoms with E-state index >= 15 is 0 Å². The average molecular weight is 432 g/mol. The Kier molecular flexibility index (Phi) is 4.68. The number of nitrogens with one attached hydrogen (secondary N) is 1. The summed E-state index contributed by atoms with van der Waals surface area (Å²) in [5, 5.41) is 20.3. The second kappa shape index (κ2) is 7.65. The third kappa shape index (κ3) is 3.64. The zero-order valence-electron chi connectivity index (χ0n) is 15.8. The first-order valence-corrected chi connectivity index (χ1v) is 10.0. The molecule has 0 fully saturated rings. The molecule has 0 unspecified atom stereocenters. The number of halogens is 1. The van der Waals surface area contributed by atoms with Gasteiger partial charge in [-0.05, 0) is 48.5 Å². The predicted molar refractivity (Wildman–Crippen MR) is 111 cm³/mol. The molecule has 31 heavy (non-hydrogen) atoms. The van der Waals surface area contributed by atoms with Gasteiger partial charge < -0.3 is 5.32 Å². The number of carbonyl (C=O) groups excluding carboxylic acids is 2. The van der Waals surface area contributed by atoms with Crippen molar-refractivity contribution in [3.05, 3.63) is 82.6 Å². The molecular weight excluding hydrogens is 419 g/mol. The molecule has 2 aromatic carbocycles. The number of hydrogen-bond donors (Lipinski definition) is 1. The van der Waals surface area contributed by atoms with E-state index in [1.165, 1.54) is 23.5 Å². The van der Waals surface area contributed by atoms with Crippen LogP contribution in [0.5, 0.6) is 0 Å². The smallest absolute Gasteiger partial charge is 0.261 e. The number of benzene rings is 2. The van der Waals surface area contributed by atoms with E-state index in [1.807, 2.05) is 0 Å². The van der Waals surface area contributed by atoms with Crippen LogP contribution < -0.4 is 5.32 Å². The van der Waals surface area contributed by atoms with E-state index < -0.39 is 0 Å². The monoisotopic (exact) mass is 432 g/mol. The van der Waals surface area contributed by atoms with Gasteiger partial charge in [-0.25, -0.2) is 4.39 Å². The zero-order chi connectivity index (χ0) is 21.4. The molecular formula is C21H13FN6O2S. The van der Waals surface area contributed by atoms with Gasteiger partial charge in [-0.2, -0.15) is 0 Å². The lowest BCUT2D eigenvalue weighted by molar-refractivity contribution is 0.0642. The van der Waals surface area contributed by atoms with E-state index in [4.69, 9.17) is 0 Å². The summed E-state index contributed by atoms with van der Waals surface area (Å²) in [4.78, 5) is 26.1. The minimum atomic E-state index is -0.340. The number of hydrogen-bond acceptors (Lipinski definition) is 8. The molecule has 0 saturated heterocycles. The van der Waals surface area contributed by atoms with E-state index in [2.05, 4.69) is 25.7 Å². The first kappa shape index (κ1) is 18.9. The summed E-state index contributed by atoms with van der Waals surface area (Å²) < 4.78 is 13.1. The highest BCUT2D eigenvalue weighted by Gasteiger charge is 2.35. The Labute approximate surface area is 179 Å². The minimum Gasteiger partial charge on any atom is -0.313 e. The van der Waals surface area contributed by atoms with Gasteiger partial charge in [0.05, 0.1) is 23.4 Å². The molecule has 2 amide bonds. The van der Waals surface area contributed by atoms with E-state index in [-0.39, 0.29) is 24.2 Å². The Hall–Kier alpha value is -4.05. The second-order valence-electron chi connectivity index (χ2n) is 6.68.